The predicted octanol–water partition coefficient (Wildman–Crippen LogP) is 1.28. The van der Waals surface area contributed by atoms with Crippen molar-refractivity contribution < 1.29 is 19.3 Å². The molecule has 1 aromatic carbocycles. The smallest absolute Gasteiger partial charge is 0.319 e. The predicted molar refractivity (Wildman–Crippen MR) is 99.2 cm³/mol. The van der Waals surface area contributed by atoms with Crippen LogP contribution in [-0.2, 0) is 4.79 Å². The Morgan fingerprint density at radius 2 is 1.64 bits per heavy atom. The maximum atomic E-state index is 12.4. The van der Waals surface area contributed by atoms with Gasteiger partial charge < -0.3 is 9.80 Å². The second-order valence-electron chi connectivity index (χ2n) is 6.99. The number of hydrogen-bond donors (Lipinski definition) is 2. The summed E-state index contributed by atoms with van der Waals surface area (Å²) in [7, 11) is 0. The van der Waals surface area contributed by atoms with Crippen LogP contribution in [0.15, 0.2) is 24.3 Å². The number of nitro groups is 1. The molecule has 1 aromatic rings. The van der Waals surface area contributed by atoms with E-state index in [1.807, 2.05) is 4.90 Å². The normalized spacial score (nSPS) is 17.3. The maximum absolute atomic E-state index is 12.4. The fraction of sp³-hybridized carbons (Fsp3) is 0.500. The van der Waals surface area contributed by atoms with Crippen molar-refractivity contribution in [2.75, 3.05) is 26.2 Å². The van der Waals surface area contributed by atoms with Gasteiger partial charge in [0.25, 0.3) is 11.6 Å². The van der Waals surface area contributed by atoms with Gasteiger partial charge in [-0.2, -0.15) is 0 Å². The minimum Gasteiger partial charge on any atom is -0.325 e. The Morgan fingerprint density at radius 1 is 1.00 bits per heavy atom. The minimum atomic E-state index is -0.626. The summed E-state index contributed by atoms with van der Waals surface area (Å²) in [4.78, 5) is 50.6. The summed E-state index contributed by atoms with van der Waals surface area (Å²) in [5, 5.41) is 10.8. The van der Waals surface area contributed by atoms with E-state index in [9.17, 15) is 24.5 Å². The first-order valence-electron chi connectivity index (χ1n) is 9.34. The van der Waals surface area contributed by atoms with Crippen molar-refractivity contribution in [1.29, 1.82) is 0 Å². The number of benzene rings is 1. The van der Waals surface area contributed by atoms with E-state index in [0.717, 1.165) is 32.0 Å². The molecule has 0 aliphatic carbocycles. The largest absolute Gasteiger partial charge is 0.325 e. The Morgan fingerprint density at radius 3 is 2.29 bits per heavy atom. The van der Waals surface area contributed by atoms with Crippen LogP contribution >= 0.6 is 0 Å². The van der Waals surface area contributed by atoms with Gasteiger partial charge >= 0.3 is 6.03 Å². The summed E-state index contributed by atoms with van der Waals surface area (Å²) in [5.74, 6) is -1.25. The third kappa shape index (κ3) is 4.56. The molecule has 0 saturated carbocycles. The van der Waals surface area contributed by atoms with Gasteiger partial charge in [0.1, 0.15) is 0 Å². The number of carbonyl (C=O) groups excluding carboxylic acids is 3. The van der Waals surface area contributed by atoms with Crippen LogP contribution in [0, 0.1) is 16.0 Å². The number of nitrogens with one attached hydrogen (secondary N) is 2. The van der Waals surface area contributed by atoms with E-state index in [4.69, 9.17) is 0 Å². The van der Waals surface area contributed by atoms with Gasteiger partial charge in [0.05, 0.1) is 4.92 Å². The molecule has 10 nitrogen and oxygen atoms in total. The molecular weight excluding hydrogens is 366 g/mol. The van der Waals surface area contributed by atoms with E-state index in [-0.39, 0.29) is 29.1 Å². The molecule has 0 spiro atoms. The molecule has 0 radical (unpaired) electrons. The summed E-state index contributed by atoms with van der Waals surface area (Å²) in [6.45, 7) is 2.60. The number of amides is 4. The van der Waals surface area contributed by atoms with Crippen LogP contribution in [-0.4, -0.2) is 58.7 Å². The van der Waals surface area contributed by atoms with Crippen molar-refractivity contribution >= 4 is 23.5 Å². The zero-order valence-electron chi connectivity index (χ0n) is 15.4. The minimum absolute atomic E-state index is 0.0373. The monoisotopic (exact) mass is 389 g/mol. The second kappa shape index (κ2) is 8.68. The first-order chi connectivity index (χ1) is 13.5. The molecule has 2 aliphatic rings. The Labute approximate surface area is 162 Å². The van der Waals surface area contributed by atoms with Gasteiger partial charge in [0.15, 0.2) is 0 Å². The SMILES string of the molecule is O=C(NNC(=O)C1CCN(C(=O)N2CCCC2)CC1)c1cccc([N+](=O)[O-])c1. The van der Waals surface area contributed by atoms with Crippen LogP contribution in [0.4, 0.5) is 10.5 Å². The molecule has 28 heavy (non-hydrogen) atoms. The van der Waals surface area contributed by atoms with Crippen LogP contribution in [0.25, 0.3) is 0 Å². The van der Waals surface area contributed by atoms with E-state index >= 15 is 0 Å². The molecule has 2 fully saturated rings. The van der Waals surface area contributed by atoms with Gasteiger partial charge in [-0.3, -0.25) is 30.6 Å². The molecule has 0 unspecified atom stereocenters. The molecule has 0 aromatic heterocycles. The third-order valence-corrected chi connectivity index (χ3v) is 5.13. The standard InChI is InChI=1S/C18H23N5O5/c24-16(19-20-17(25)14-4-3-5-15(12-14)23(27)28)13-6-10-22(11-7-13)18(26)21-8-1-2-9-21/h3-5,12-13H,1-2,6-11H2,(H,19,24)(H,20,25). The molecule has 0 bridgehead atoms. The van der Waals surface area contributed by atoms with Crippen molar-refractivity contribution in [1.82, 2.24) is 20.7 Å². The number of likely N-dealkylation sites (tertiary alicyclic amines) is 2. The maximum Gasteiger partial charge on any atom is 0.319 e. The molecule has 150 valence electrons. The van der Waals surface area contributed by atoms with Gasteiger partial charge in [0.2, 0.25) is 5.91 Å². The number of nitrogens with zero attached hydrogens (tertiary/aromatic N) is 3. The van der Waals surface area contributed by atoms with E-state index in [1.54, 1.807) is 4.90 Å². The Hall–Kier alpha value is -3.17. The lowest BCUT2D eigenvalue weighted by molar-refractivity contribution is -0.384. The number of carbonyl (C=O) groups is 3. The van der Waals surface area contributed by atoms with Crippen LogP contribution in [0.3, 0.4) is 0 Å². The highest BCUT2D eigenvalue weighted by molar-refractivity contribution is 5.96. The summed E-state index contributed by atoms with van der Waals surface area (Å²) < 4.78 is 0. The van der Waals surface area contributed by atoms with Crippen molar-refractivity contribution in [3.63, 3.8) is 0 Å². The molecule has 4 amide bonds. The lowest BCUT2D eigenvalue weighted by atomic mass is 9.96. The third-order valence-electron chi connectivity index (χ3n) is 5.13. The molecule has 2 aliphatic heterocycles. The molecule has 0 atom stereocenters. The Kier molecular flexibility index (Phi) is 6.07. The van der Waals surface area contributed by atoms with Crippen LogP contribution in [0.2, 0.25) is 0 Å². The van der Waals surface area contributed by atoms with Crippen LogP contribution in [0.1, 0.15) is 36.0 Å². The number of rotatable bonds is 3. The average molecular weight is 389 g/mol. The molecule has 2 saturated heterocycles. The van der Waals surface area contributed by atoms with Gasteiger partial charge in [0, 0.05) is 49.8 Å². The number of hydrazine groups is 1. The summed E-state index contributed by atoms with van der Waals surface area (Å²) in [5.41, 5.74) is 4.55. The lowest BCUT2D eigenvalue weighted by Gasteiger charge is -2.33. The highest BCUT2D eigenvalue weighted by Gasteiger charge is 2.30. The first-order valence-corrected chi connectivity index (χ1v) is 9.34. The number of nitro benzene ring substituents is 1. The molecule has 2 heterocycles. The number of urea groups is 1. The lowest BCUT2D eigenvalue weighted by Crippen LogP contribution is -2.50. The van der Waals surface area contributed by atoms with Gasteiger partial charge in [-0.05, 0) is 31.7 Å². The average Bonchev–Trinajstić information content (AvgIpc) is 3.26. The summed E-state index contributed by atoms with van der Waals surface area (Å²) >= 11 is 0. The summed E-state index contributed by atoms with van der Waals surface area (Å²) in [6.07, 6.45) is 3.12. The van der Waals surface area contributed by atoms with E-state index < -0.39 is 10.8 Å². The second-order valence-corrected chi connectivity index (χ2v) is 6.99. The van der Waals surface area contributed by atoms with Gasteiger partial charge in [-0.25, -0.2) is 4.79 Å². The van der Waals surface area contributed by atoms with Crippen molar-refractivity contribution in [3.8, 4) is 0 Å². The van der Waals surface area contributed by atoms with Crippen LogP contribution in [0.5, 0.6) is 0 Å². The zero-order chi connectivity index (χ0) is 20.1. The highest BCUT2D eigenvalue weighted by Crippen LogP contribution is 2.20. The molecule has 2 N–H and O–H groups in total. The fourth-order valence-electron chi connectivity index (χ4n) is 3.49. The zero-order valence-corrected chi connectivity index (χ0v) is 15.4. The number of hydrogen-bond acceptors (Lipinski definition) is 5. The van der Waals surface area contributed by atoms with Crippen molar-refractivity contribution in [2.45, 2.75) is 25.7 Å². The molecular formula is C18H23N5O5. The first kappa shape index (κ1) is 19.6. The highest BCUT2D eigenvalue weighted by atomic mass is 16.6. The fourth-order valence-corrected chi connectivity index (χ4v) is 3.49. The van der Waals surface area contributed by atoms with Gasteiger partial charge in [-0.1, -0.05) is 6.07 Å². The Bertz CT molecular complexity index is 769. The molecule has 10 heteroatoms. The van der Waals surface area contributed by atoms with E-state index in [0.29, 0.717) is 25.9 Å². The summed E-state index contributed by atoms with van der Waals surface area (Å²) in [6, 6.07) is 5.30. The quantitative estimate of drug-likeness (QED) is 0.595. The molecule has 3 rings (SSSR count). The topological polar surface area (TPSA) is 125 Å². The van der Waals surface area contributed by atoms with Crippen molar-refractivity contribution in [2.24, 2.45) is 5.92 Å². The van der Waals surface area contributed by atoms with E-state index in [1.165, 1.54) is 18.2 Å². The van der Waals surface area contributed by atoms with Crippen LogP contribution < -0.4 is 10.9 Å². The van der Waals surface area contributed by atoms with E-state index in [2.05, 4.69) is 10.9 Å². The van der Waals surface area contributed by atoms with Gasteiger partial charge in [-0.15, -0.1) is 0 Å². The Balaban J connectivity index is 1.45. The number of non-ortho nitro benzene ring substituents is 1. The van der Waals surface area contributed by atoms with Crippen molar-refractivity contribution in [3.05, 3.63) is 39.9 Å². The number of piperidine rings is 1.